The van der Waals surface area contributed by atoms with E-state index in [0.717, 1.165) is 0 Å². The standard InChI is InChI=1S/C9H13FN2OS/c1-7(14(2)13)6-12-8-3-4-11-9(10)5-8/h3-5,7H,6H2,1-2H3,(H,11,12). The van der Waals surface area contributed by atoms with Gasteiger partial charge in [-0.15, -0.1) is 0 Å². The molecule has 1 aromatic rings. The summed E-state index contributed by atoms with van der Waals surface area (Å²) in [6.45, 7) is 2.44. The Balaban J connectivity index is 2.49. The van der Waals surface area contributed by atoms with Crippen molar-refractivity contribution in [3.05, 3.63) is 24.3 Å². The van der Waals surface area contributed by atoms with Crippen LogP contribution >= 0.6 is 0 Å². The normalized spacial score (nSPS) is 14.8. The van der Waals surface area contributed by atoms with E-state index in [9.17, 15) is 8.60 Å². The minimum absolute atomic E-state index is 0.0474. The molecule has 0 radical (unpaired) electrons. The lowest BCUT2D eigenvalue weighted by Crippen LogP contribution is -2.20. The van der Waals surface area contributed by atoms with Gasteiger partial charge in [0, 0.05) is 46.8 Å². The Morgan fingerprint density at radius 1 is 1.71 bits per heavy atom. The summed E-state index contributed by atoms with van der Waals surface area (Å²) in [5, 5.41) is 3.04. The Labute approximate surface area is 85.2 Å². The molecular weight excluding hydrogens is 203 g/mol. The fraction of sp³-hybridized carbons (Fsp3) is 0.444. The van der Waals surface area contributed by atoms with E-state index in [1.165, 1.54) is 12.3 Å². The first-order valence-electron chi connectivity index (χ1n) is 4.27. The highest BCUT2D eigenvalue weighted by Gasteiger charge is 2.05. The summed E-state index contributed by atoms with van der Waals surface area (Å²) in [6.07, 6.45) is 3.05. The van der Waals surface area contributed by atoms with Gasteiger partial charge in [0.2, 0.25) is 5.95 Å². The molecule has 2 atom stereocenters. The predicted octanol–water partition coefficient (Wildman–Crippen LogP) is 1.40. The third-order valence-electron chi connectivity index (χ3n) is 1.89. The molecular formula is C9H13FN2OS. The van der Waals surface area contributed by atoms with Crippen LogP contribution in [0.4, 0.5) is 10.1 Å². The van der Waals surface area contributed by atoms with E-state index in [1.807, 2.05) is 6.92 Å². The van der Waals surface area contributed by atoms with Crippen LogP contribution in [0.2, 0.25) is 0 Å². The molecule has 0 aliphatic heterocycles. The number of pyridine rings is 1. The third-order valence-corrected chi connectivity index (χ3v) is 3.19. The molecule has 0 aliphatic rings. The molecule has 14 heavy (non-hydrogen) atoms. The number of anilines is 1. The van der Waals surface area contributed by atoms with Gasteiger partial charge in [-0.1, -0.05) is 0 Å². The Hall–Kier alpha value is -0.970. The monoisotopic (exact) mass is 216 g/mol. The first-order chi connectivity index (χ1) is 6.59. The van der Waals surface area contributed by atoms with E-state index in [1.54, 1.807) is 12.3 Å². The number of nitrogens with zero attached hydrogens (tertiary/aromatic N) is 1. The Kier molecular flexibility index (Phi) is 4.00. The van der Waals surface area contributed by atoms with Crippen molar-refractivity contribution in [1.82, 2.24) is 4.98 Å². The zero-order valence-corrected chi connectivity index (χ0v) is 8.97. The van der Waals surface area contributed by atoms with Crippen LogP contribution in [0.5, 0.6) is 0 Å². The lowest BCUT2D eigenvalue weighted by molar-refractivity contribution is 0.584. The van der Waals surface area contributed by atoms with Crippen LogP contribution in [0.25, 0.3) is 0 Å². The van der Waals surface area contributed by atoms with Crippen LogP contribution in [0.1, 0.15) is 6.92 Å². The number of aromatic nitrogens is 1. The van der Waals surface area contributed by atoms with Gasteiger partial charge in [-0.3, -0.25) is 4.21 Å². The molecule has 0 fully saturated rings. The molecule has 1 heterocycles. The van der Waals surface area contributed by atoms with Crippen LogP contribution in [0.3, 0.4) is 0 Å². The fourth-order valence-corrected chi connectivity index (χ4v) is 1.21. The zero-order chi connectivity index (χ0) is 10.6. The number of halogens is 1. The van der Waals surface area contributed by atoms with Gasteiger partial charge < -0.3 is 5.32 Å². The van der Waals surface area contributed by atoms with E-state index < -0.39 is 16.7 Å². The van der Waals surface area contributed by atoms with Crippen molar-refractivity contribution in [3.63, 3.8) is 0 Å². The van der Waals surface area contributed by atoms with Crippen molar-refractivity contribution in [2.24, 2.45) is 0 Å². The Morgan fingerprint density at radius 2 is 2.43 bits per heavy atom. The van der Waals surface area contributed by atoms with Crippen molar-refractivity contribution >= 4 is 16.5 Å². The van der Waals surface area contributed by atoms with E-state index >= 15 is 0 Å². The van der Waals surface area contributed by atoms with Crippen molar-refractivity contribution < 1.29 is 8.60 Å². The molecule has 1 N–H and O–H groups in total. The van der Waals surface area contributed by atoms with Gasteiger partial charge in [-0.05, 0) is 13.0 Å². The highest BCUT2D eigenvalue weighted by Crippen LogP contribution is 2.07. The molecule has 2 unspecified atom stereocenters. The molecule has 0 aliphatic carbocycles. The molecule has 3 nitrogen and oxygen atoms in total. The fourth-order valence-electron chi connectivity index (χ4n) is 0.891. The quantitative estimate of drug-likeness (QED) is 0.773. The second-order valence-electron chi connectivity index (χ2n) is 3.06. The smallest absolute Gasteiger partial charge is 0.214 e. The van der Waals surface area contributed by atoms with Crippen LogP contribution < -0.4 is 5.32 Å². The summed E-state index contributed by atoms with van der Waals surface area (Å²) in [6, 6.07) is 2.99. The minimum Gasteiger partial charge on any atom is -0.384 e. The molecule has 5 heteroatoms. The summed E-state index contributed by atoms with van der Waals surface area (Å²) in [5.74, 6) is -0.514. The maximum Gasteiger partial charge on any atom is 0.214 e. The number of nitrogens with one attached hydrogen (secondary N) is 1. The number of hydrogen-bond acceptors (Lipinski definition) is 3. The minimum atomic E-state index is -0.861. The topological polar surface area (TPSA) is 42.0 Å². The first kappa shape index (κ1) is 11.1. The molecule has 0 aromatic carbocycles. The van der Waals surface area contributed by atoms with Crippen molar-refractivity contribution in [1.29, 1.82) is 0 Å². The highest BCUT2D eigenvalue weighted by molar-refractivity contribution is 7.84. The second kappa shape index (κ2) is 5.05. The van der Waals surface area contributed by atoms with Gasteiger partial charge in [-0.25, -0.2) is 4.98 Å². The van der Waals surface area contributed by atoms with Crippen LogP contribution in [-0.2, 0) is 10.8 Å². The molecule has 0 amide bonds. The average Bonchev–Trinajstić information content (AvgIpc) is 2.14. The summed E-state index contributed by atoms with van der Waals surface area (Å²) in [4.78, 5) is 3.44. The van der Waals surface area contributed by atoms with E-state index in [2.05, 4.69) is 10.3 Å². The third kappa shape index (κ3) is 3.41. The lowest BCUT2D eigenvalue weighted by Gasteiger charge is -2.10. The van der Waals surface area contributed by atoms with Crippen molar-refractivity contribution in [2.45, 2.75) is 12.2 Å². The van der Waals surface area contributed by atoms with Gasteiger partial charge in [0.25, 0.3) is 0 Å². The predicted molar refractivity (Wildman–Crippen MR) is 56.2 cm³/mol. The highest BCUT2D eigenvalue weighted by atomic mass is 32.2. The molecule has 78 valence electrons. The average molecular weight is 216 g/mol. The van der Waals surface area contributed by atoms with Gasteiger partial charge in [0.1, 0.15) is 0 Å². The maximum absolute atomic E-state index is 12.6. The van der Waals surface area contributed by atoms with Gasteiger partial charge >= 0.3 is 0 Å². The summed E-state index contributed by atoms with van der Waals surface area (Å²) >= 11 is 0. The largest absolute Gasteiger partial charge is 0.384 e. The Morgan fingerprint density at radius 3 is 3.00 bits per heavy atom. The summed E-state index contributed by atoms with van der Waals surface area (Å²) < 4.78 is 23.7. The maximum atomic E-state index is 12.6. The molecule has 0 saturated heterocycles. The van der Waals surface area contributed by atoms with Crippen LogP contribution in [0.15, 0.2) is 18.3 Å². The SMILES string of the molecule is CC(CNc1ccnc(F)c1)S(C)=O. The lowest BCUT2D eigenvalue weighted by atomic mass is 10.4. The molecule has 1 rings (SSSR count). The van der Waals surface area contributed by atoms with Crippen LogP contribution in [0, 0.1) is 5.95 Å². The summed E-state index contributed by atoms with van der Waals surface area (Å²) in [7, 11) is -0.861. The zero-order valence-electron chi connectivity index (χ0n) is 8.16. The van der Waals surface area contributed by atoms with Gasteiger partial charge in [0.15, 0.2) is 0 Å². The Bertz CT molecular complexity index is 332. The second-order valence-corrected chi connectivity index (χ2v) is 4.86. The van der Waals surface area contributed by atoms with E-state index in [4.69, 9.17) is 0 Å². The summed E-state index contributed by atoms with van der Waals surface area (Å²) in [5.41, 5.74) is 0.662. The molecule has 1 aromatic heterocycles. The first-order valence-corrected chi connectivity index (χ1v) is 5.89. The molecule has 0 bridgehead atoms. The molecule has 0 saturated carbocycles. The van der Waals surface area contributed by atoms with Crippen LogP contribution in [-0.4, -0.2) is 27.2 Å². The van der Waals surface area contributed by atoms with Crippen molar-refractivity contribution in [2.75, 3.05) is 18.1 Å². The van der Waals surface area contributed by atoms with Crippen molar-refractivity contribution in [3.8, 4) is 0 Å². The number of hydrogen-bond donors (Lipinski definition) is 1. The van der Waals surface area contributed by atoms with Gasteiger partial charge in [-0.2, -0.15) is 4.39 Å². The van der Waals surface area contributed by atoms with E-state index in [-0.39, 0.29) is 5.25 Å². The number of rotatable bonds is 4. The molecule has 0 spiro atoms. The van der Waals surface area contributed by atoms with E-state index in [0.29, 0.717) is 12.2 Å². The van der Waals surface area contributed by atoms with Gasteiger partial charge in [0.05, 0.1) is 0 Å².